The van der Waals surface area contributed by atoms with Crippen molar-refractivity contribution in [2.45, 2.75) is 38.3 Å². The Balaban J connectivity index is 1.38. The van der Waals surface area contributed by atoms with Gasteiger partial charge < -0.3 is 15.0 Å². The van der Waals surface area contributed by atoms with E-state index in [-0.39, 0.29) is 17.9 Å². The first-order valence-electron chi connectivity index (χ1n) is 11.2. The molecule has 0 aliphatic carbocycles. The van der Waals surface area contributed by atoms with E-state index in [0.717, 1.165) is 37.4 Å². The summed E-state index contributed by atoms with van der Waals surface area (Å²) >= 11 is 0. The minimum Gasteiger partial charge on any atom is -0.497 e. The molecule has 0 spiro atoms. The van der Waals surface area contributed by atoms with Gasteiger partial charge in [-0.3, -0.25) is 14.5 Å². The van der Waals surface area contributed by atoms with Crippen LogP contribution < -0.4 is 10.1 Å². The Bertz CT molecular complexity index is 889. The molecule has 0 bridgehead atoms. The lowest BCUT2D eigenvalue weighted by atomic mass is 10.0. The van der Waals surface area contributed by atoms with Crippen molar-refractivity contribution in [3.8, 4) is 5.75 Å². The molecule has 2 aromatic rings. The van der Waals surface area contributed by atoms with E-state index < -0.39 is 0 Å². The van der Waals surface area contributed by atoms with E-state index in [1.165, 1.54) is 18.4 Å². The Morgan fingerprint density at radius 2 is 1.71 bits per heavy atom. The molecule has 2 heterocycles. The van der Waals surface area contributed by atoms with Gasteiger partial charge in [0.05, 0.1) is 13.2 Å². The van der Waals surface area contributed by atoms with E-state index in [2.05, 4.69) is 22.3 Å². The fraction of sp³-hybridized carbons (Fsp3) is 0.440. The lowest BCUT2D eigenvalue weighted by Gasteiger charge is -2.28. The van der Waals surface area contributed by atoms with Crippen molar-refractivity contribution >= 4 is 11.8 Å². The molecule has 0 radical (unpaired) electrons. The van der Waals surface area contributed by atoms with Crippen LogP contribution in [0.1, 0.15) is 53.2 Å². The Morgan fingerprint density at radius 3 is 2.32 bits per heavy atom. The van der Waals surface area contributed by atoms with E-state index in [1.807, 2.05) is 41.3 Å². The Hall–Kier alpha value is -2.86. The number of likely N-dealkylation sites (tertiary alicyclic amines) is 2. The van der Waals surface area contributed by atoms with Crippen molar-refractivity contribution in [1.82, 2.24) is 15.1 Å². The van der Waals surface area contributed by atoms with Crippen molar-refractivity contribution in [3.05, 3.63) is 65.2 Å². The summed E-state index contributed by atoms with van der Waals surface area (Å²) in [4.78, 5) is 28.9. The second-order valence-corrected chi connectivity index (χ2v) is 8.36. The number of carbonyl (C=O) groups is 2. The molecule has 1 atom stereocenters. The number of amides is 2. The maximum absolute atomic E-state index is 12.8. The number of methoxy groups -OCH3 is 1. The summed E-state index contributed by atoms with van der Waals surface area (Å²) in [7, 11) is 1.67. The molecular weight excluding hydrogens is 390 g/mol. The van der Waals surface area contributed by atoms with Crippen molar-refractivity contribution in [2.75, 3.05) is 33.3 Å². The highest BCUT2D eigenvalue weighted by Gasteiger charge is 2.24. The number of hydrogen-bond acceptors (Lipinski definition) is 4. The van der Waals surface area contributed by atoms with Crippen LogP contribution in [0.15, 0.2) is 48.5 Å². The smallest absolute Gasteiger partial charge is 0.251 e. The SMILES string of the molecule is COc1ccc([C@@H](CNC(=O)c2ccc(CN3CCCC3=O)cc2)N2CCCC2)cc1. The van der Waals surface area contributed by atoms with Crippen LogP contribution in [0, 0.1) is 0 Å². The van der Waals surface area contributed by atoms with Crippen LogP contribution in [-0.4, -0.2) is 54.9 Å². The maximum Gasteiger partial charge on any atom is 0.251 e. The lowest BCUT2D eigenvalue weighted by molar-refractivity contribution is -0.128. The third-order valence-electron chi connectivity index (χ3n) is 6.30. The minimum absolute atomic E-state index is 0.0680. The third kappa shape index (κ3) is 5.25. The van der Waals surface area contributed by atoms with Crippen LogP contribution in [0.25, 0.3) is 0 Å². The van der Waals surface area contributed by atoms with Gasteiger partial charge in [-0.25, -0.2) is 0 Å². The molecule has 1 N–H and O–H groups in total. The number of benzene rings is 2. The number of carbonyl (C=O) groups excluding carboxylic acids is 2. The number of ether oxygens (including phenoxy) is 1. The zero-order valence-electron chi connectivity index (χ0n) is 18.2. The molecule has 6 nitrogen and oxygen atoms in total. The van der Waals surface area contributed by atoms with Gasteiger partial charge in [0.25, 0.3) is 5.91 Å². The first-order chi connectivity index (χ1) is 15.1. The number of nitrogens with zero attached hydrogens (tertiary/aromatic N) is 2. The van der Waals surface area contributed by atoms with E-state index in [0.29, 0.717) is 25.1 Å². The molecule has 31 heavy (non-hydrogen) atoms. The molecule has 164 valence electrons. The largest absolute Gasteiger partial charge is 0.497 e. The molecule has 6 heteroatoms. The molecule has 0 aromatic heterocycles. The molecule has 2 aliphatic heterocycles. The maximum atomic E-state index is 12.8. The van der Waals surface area contributed by atoms with Crippen molar-refractivity contribution in [3.63, 3.8) is 0 Å². The second kappa shape index (κ2) is 9.96. The highest BCUT2D eigenvalue weighted by atomic mass is 16.5. The summed E-state index contributed by atoms with van der Waals surface area (Å²) in [5, 5.41) is 3.13. The first-order valence-corrected chi connectivity index (χ1v) is 11.2. The third-order valence-corrected chi connectivity index (χ3v) is 6.30. The zero-order valence-corrected chi connectivity index (χ0v) is 18.2. The Kier molecular flexibility index (Phi) is 6.87. The van der Waals surface area contributed by atoms with Gasteiger partial charge in [0.2, 0.25) is 5.91 Å². The predicted octanol–water partition coefficient (Wildman–Crippen LogP) is 3.38. The predicted molar refractivity (Wildman–Crippen MR) is 120 cm³/mol. The molecule has 0 saturated carbocycles. The summed E-state index contributed by atoms with van der Waals surface area (Å²) in [5.74, 6) is 0.985. The van der Waals surface area contributed by atoms with Gasteiger partial charge in [0.15, 0.2) is 0 Å². The highest BCUT2D eigenvalue weighted by molar-refractivity contribution is 5.94. The summed E-state index contributed by atoms with van der Waals surface area (Å²) in [6.45, 7) is 4.11. The van der Waals surface area contributed by atoms with Gasteiger partial charge in [-0.15, -0.1) is 0 Å². The molecule has 0 unspecified atom stereocenters. The molecule has 2 aromatic carbocycles. The van der Waals surface area contributed by atoms with Crippen LogP contribution in [0.5, 0.6) is 5.75 Å². The number of nitrogens with one attached hydrogen (secondary N) is 1. The normalized spacial score (nSPS) is 17.7. The van der Waals surface area contributed by atoms with Crippen molar-refractivity contribution < 1.29 is 14.3 Å². The fourth-order valence-corrected chi connectivity index (χ4v) is 4.48. The molecule has 2 fully saturated rings. The zero-order chi connectivity index (χ0) is 21.6. The van der Waals surface area contributed by atoms with Crippen LogP contribution in [0.3, 0.4) is 0 Å². The van der Waals surface area contributed by atoms with Crippen LogP contribution in [0.2, 0.25) is 0 Å². The first kappa shape index (κ1) is 21.4. The van der Waals surface area contributed by atoms with Crippen LogP contribution in [-0.2, 0) is 11.3 Å². The van der Waals surface area contributed by atoms with E-state index >= 15 is 0 Å². The average Bonchev–Trinajstić information content (AvgIpc) is 3.47. The van der Waals surface area contributed by atoms with Gasteiger partial charge in [0, 0.05) is 31.6 Å². The van der Waals surface area contributed by atoms with Gasteiger partial charge in [0.1, 0.15) is 5.75 Å². The van der Waals surface area contributed by atoms with Crippen molar-refractivity contribution in [1.29, 1.82) is 0 Å². The van der Waals surface area contributed by atoms with Crippen LogP contribution >= 0.6 is 0 Å². The molecule has 2 saturated heterocycles. The topological polar surface area (TPSA) is 61.9 Å². The quantitative estimate of drug-likeness (QED) is 0.710. The van der Waals surface area contributed by atoms with Gasteiger partial charge in [-0.05, 0) is 67.7 Å². The standard InChI is InChI=1S/C25H31N3O3/c1-31-22-12-10-20(11-13-22)23(27-14-2-3-15-27)17-26-25(30)21-8-6-19(7-9-21)18-28-16-4-5-24(28)29/h6-13,23H,2-5,14-18H2,1H3,(H,26,30)/t23-/m1/s1. The average molecular weight is 422 g/mol. The Labute approximate surface area is 184 Å². The van der Waals surface area contributed by atoms with Gasteiger partial charge in [-0.2, -0.15) is 0 Å². The molecule has 2 aliphatic rings. The van der Waals surface area contributed by atoms with Crippen molar-refractivity contribution in [2.24, 2.45) is 0 Å². The number of hydrogen-bond donors (Lipinski definition) is 1. The molecule has 2 amide bonds. The molecular formula is C25H31N3O3. The van der Waals surface area contributed by atoms with Crippen LogP contribution in [0.4, 0.5) is 0 Å². The Morgan fingerprint density at radius 1 is 1.00 bits per heavy atom. The second-order valence-electron chi connectivity index (χ2n) is 8.36. The fourth-order valence-electron chi connectivity index (χ4n) is 4.48. The van der Waals surface area contributed by atoms with E-state index in [1.54, 1.807) is 7.11 Å². The summed E-state index contributed by atoms with van der Waals surface area (Å²) in [5.41, 5.74) is 2.89. The van der Waals surface area contributed by atoms with Gasteiger partial charge in [-0.1, -0.05) is 24.3 Å². The monoisotopic (exact) mass is 421 g/mol. The minimum atomic E-state index is -0.0680. The van der Waals surface area contributed by atoms with E-state index in [4.69, 9.17) is 4.74 Å². The van der Waals surface area contributed by atoms with E-state index in [9.17, 15) is 9.59 Å². The van der Waals surface area contributed by atoms with Gasteiger partial charge >= 0.3 is 0 Å². The number of rotatable bonds is 8. The summed E-state index contributed by atoms with van der Waals surface area (Å²) in [6, 6.07) is 15.9. The lowest BCUT2D eigenvalue weighted by Crippen LogP contribution is -2.36. The summed E-state index contributed by atoms with van der Waals surface area (Å²) < 4.78 is 5.28. The molecule has 4 rings (SSSR count). The highest BCUT2D eigenvalue weighted by Crippen LogP contribution is 2.26. The summed E-state index contributed by atoms with van der Waals surface area (Å²) in [6.07, 6.45) is 3.97.